The van der Waals surface area contributed by atoms with E-state index in [0.717, 1.165) is 24.8 Å². The molecule has 1 atom stereocenters. The van der Waals surface area contributed by atoms with E-state index < -0.39 is 17.7 Å². The Morgan fingerprint density at radius 2 is 1.64 bits per heavy atom. The van der Waals surface area contributed by atoms with Crippen LogP contribution in [0.4, 0.5) is 0 Å². The van der Waals surface area contributed by atoms with Crippen LogP contribution in [0.1, 0.15) is 55.8 Å². The Hall–Kier alpha value is -4.26. The summed E-state index contributed by atoms with van der Waals surface area (Å²) in [6.07, 6.45) is 3.10. The highest BCUT2D eigenvalue weighted by Gasteiger charge is 2.46. The summed E-state index contributed by atoms with van der Waals surface area (Å²) in [6.45, 7) is 5.22. The number of Topliss-reactive ketones (excluding diaryl/α,β-unsaturated/α-hetero) is 1. The Kier molecular flexibility index (Phi) is 9.26. The number of ether oxygens (including phenoxy) is 3. The van der Waals surface area contributed by atoms with E-state index in [1.54, 1.807) is 37.4 Å². The van der Waals surface area contributed by atoms with E-state index in [4.69, 9.17) is 14.2 Å². The highest BCUT2D eigenvalue weighted by Crippen LogP contribution is 2.43. The number of nitrogens with zero attached hydrogens (tertiary/aromatic N) is 1. The summed E-state index contributed by atoms with van der Waals surface area (Å²) in [6, 6.07) is 20.8. The Balaban J connectivity index is 1.80. The quantitative estimate of drug-likeness (QED) is 0.129. The molecule has 3 aromatic carbocycles. The molecule has 3 aromatic rings. The van der Waals surface area contributed by atoms with Crippen molar-refractivity contribution in [1.29, 1.82) is 0 Å². The van der Waals surface area contributed by atoms with Gasteiger partial charge in [0.2, 0.25) is 0 Å². The number of aliphatic hydroxyl groups excluding tert-OH is 1. The van der Waals surface area contributed by atoms with Gasteiger partial charge in [0.15, 0.2) is 11.5 Å². The first-order valence-electron chi connectivity index (χ1n) is 13.3. The topological polar surface area (TPSA) is 85.3 Å². The van der Waals surface area contributed by atoms with Crippen LogP contribution in [0.5, 0.6) is 17.2 Å². The molecule has 1 N–H and O–H groups in total. The second-order valence-corrected chi connectivity index (χ2v) is 9.34. The summed E-state index contributed by atoms with van der Waals surface area (Å²) in [5, 5.41) is 11.4. The van der Waals surface area contributed by atoms with Crippen molar-refractivity contribution in [3.63, 3.8) is 0 Å². The van der Waals surface area contributed by atoms with Crippen molar-refractivity contribution in [3.05, 3.63) is 95.1 Å². The molecule has 39 heavy (non-hydrogen) atoms. The fourth-order valence-corrected chi connectivity index (χ4v) is 4.69. The molecule has 1 amide bonds. The minimum atomic E-state index is -0.819. The minimum absolute atomic E-state index is 0.0279. The Labute approximate surface area is 229 Å². The van der Waals surface area contributed by atoms with Crippen molar-refractivity contribution < 1.29 is 28.9 Å². The average molecular weight is 530 g/mol. The van der Waals surface area contributed by atoms with E-state index in [1.807, 2.05) is 49.4 Å². The van der Waals surface area contributed by atoms with Crippen LogP contribution in [0.25, 0.3) is 5.76 Å². The molecule has 7 heteroatoms. The number of likely N-dealkylation sites (tertiary alicyclic amines) is 1. The van der Waals surface area contributed by atoms with Gasteiger partial charge in [0.1, 0.15) is 11.5 Å². The largest absolute Gasteiger partial charge is 0.507 e. The minimum Gasteiger partial charge on any atom is -0.507 e. The van der Waals surface area contributed by atoms with Crippen molar-refractivity contribution in [1.82, 2.24) is 4.90 Å². The first-order chi connectivity index (χ1) is 19.0. The SMILES string of the molecule is CCCCCOc1ccc(C2C(=C(O)c3ccc(OC)cc3)C(=O)C(=O)N2Cc2ccccc2)cc1OCC. The molecule has 1 aliphatic heterocycles. The molecular formula is C32H35NO6. The summed E-state index contributed by atoms with van der Waals surface area (Å²) < 4.78 is 17.1. The molecule has 1 heterocycles. The van der Waals surface area contributed by atoms with Crippen LogP contribution in [0, 0.1) is 0 Å². The van der Waals surface area contributed by atoms with Crippen molar-refractivity contribution in [2.75, 3.05) is 20.3 Å². The number of aliphatic hydroxyl groups is 1. The first-order valence-corrected chi connectivity index (χ1v) is 13.3. The van der Waals surface area contributed by atoms with E-state index in [1.165, 1.54) is 4.90 Å². The Morgan fingerprint density at radius 1 is 0.897 bits per heavy atom. The lowest BCUT2D eigenvalue weighted by Gasteiger charge is -2.26. The third-order valence-corrected chi connectivity index (χ3v) is 6.69. The standard InChI is InChI=1S/C32H35NO6/c1-4-6-10-19-39-26-18-15-24(20-27(26)38-5-2)29-28(30(34)23-13-16-25(37-3)17-14-23)31(35)32(36)33(29)21-22-11-8-7-9-12-22/h7-9,11-18,20,29,34H,4-6,10,19,21H2,1-3H3. The maximum atomic E-state index is 13.4. The van der Waals surface area contributed by atoms with Gasteiger partial charge in [-0.2, -0.15) is 0 Å². The maximum Gasteiger partial charge on any atom is 0.295 e. The average Bonchev–Trinajstić information content (AvgIpc) is 3.21. The molecule has 0 spiro atoms. The zero-order valence-corrected chi connectivity index (χ0v) is 22.7. The highest BCUT2D eigenvalue weighted by atomic mass is 16.5. The second-order valence-electron chi connectivity index (χ2n) is 9.34. The summed E-state index contributed by atoms with van der Waals surface area (Å²) in [5.74, 6) is 0.102. The molecule has 0 bridgehead atoms. The van der Waals surface area contributed by atoms with Gasteiger partial charge in [0.25, 0.3) is 11.7 Å². The van der Waals surface area contributed by atoms with Gasteiger partial charge in [-0.3, -0.25) is 9.59 Å². The number of rotatable bonds is 12. The lowest BCUT2D eigenvalue weighted by molar-refractivity contribution is -0.140. The molecule has 4 rings (SSSR count). The van der Waals surface area contributed by atoms with Gasteiger partial charge in [-0.1, -0.05) is 56.2 Å². The van der Waals surface area contributed by atoms with Crippen LogP contribution in [0.2, 0.25) is 0 Å². The molecule has 1 unspecified atom stereocenters. The fourth-order valence-electron chi connectivity index (χ4n) is 4.69. The number of carbonyl (C=O) groups is 2. The molecule has 1 fully saturated rings. The molecule has 0 aromatic heterocycles. The fraction of sp³-hybridized carbons (Fsp3) is 0.312. The molecule has 0 saturated carbocycles. The van der Waals surface area contributed by atoms with Gasteiger partial charge in [-0.05, 0) is 60.9 Å². The number of hydrogen-bond acceptors (Lipinski definition) is 6. The molecular weight excluding hydrogens is 494 g/mol. The van der Waals surface area contributed by atoms with Gasteiger partial charge in [0, 0.05) is 12.1 Å². The number of carbonyl (C=O) groups excluding carboxylic acids is 2. The van der Waals surface area contributed by atoms with Crippen LogP contribution < -0.4 is 14.2 Å². The molecule has 1 aliphatic rings. The van der Waals surface area contributed by atoms with E-state index in [0.29, 0.717) is 41.6 Å². The zero-order valence-electron chi connectivity index (χ0n) is 22.7. The number of methoxy groups -OCH3 is 1. The van der Waals surface area contributed by atoms with Gasteiger partial charge in [-0.25, -0.2) is 0 Å². The van der Waals surface area contributed by atoms with Crippen molar-refractivity contribution in [3.8, 4) is 17.2 Å². The van der Waals surface area contributed by atoms with E-state index in [2.05, 4.69) is 6.92 Å². The van der Waals surface area contributed by atoms with Gasteiger partial charge in [0.05, 0.1) is 31.9 Å². The Bertz CT molecular complexity index is 1320. The third kappa shape index (κ3) is 6.25. The van der Waals surface area contributed by atoms with Crippen LogP contribution in [0.3, 0.4) is 0 Å². The first kappa shape index (κ1) is 27.8. The highest BCUT2D eigenvalue weighted by molar-refractivity contribution is 6.46. The number of amides is 1. The predicted molar refractivity (Wildman–Crippen MR) is 150 cm³/mol. The molecule has 7 nitrogen and oxygen atoms in total. The molecule has 0 aliphatic carbocycles. The Morgan fingerprint density at radius 3 is 2.31 bits per heavy atom. The number of benzene rings is 3. The zero-order chi connectivity index (χ0) is 27.8. The summed E-state index contributed by atoms with van der Waals surface area (Å²) in [5.41, 5.74) is 1.96. The second kappa shape index (κ2) is 13.0. The van der Waals surface area contributed by atoms with Crippen molar-refractivity contribution >= 4 is 17.4 Å². The summed E-state index contributed by atoms with van der Waals surface area (Å²) >= 11 is 0. The monoisotopic (exact) mass is 529 g/mol. The van der Waals surface area contributed by atoms with E-state index in [-0.39, 0.29) is 17.9 Å². The smallest absolute Gasteiger partial charge is 0.295 e. The lowest BCUT2D eigenvalue weighted by Crippen LogP contribution is -2.29. The lowest BCUT2D eigenvalue weighted by atomic mass is 9.94. The normalized spacial score (nSPS) is 16.4. The summed E-state index contributed by atoms with van der Waals surface area (Å²) in [7, 11) is 1.55. The maximum absolute atomic E-state index is 13.4. The third-order valence-electron chi connectivity index (χ3n) is 6.69. The predicted octanol–water partition coefficient (Wildman–Crippen LogP) is 6.28. The number of ketones is 1. The van der Waals surface area contributed by atoms with Gasteiger partial charge < -0.3 is 24.2 Å². The van der Waals surface area contributed by atoms with Crippen LogP contribution >= 0.6 is 0 Å². The number of unbranched alkanes of at least 4 members (excludes halogenated alkanes) is 2. The van der Waals surface area contributed by atoms with E-state index in [9.17, 15) is 14.7 Å². The van der Waals surface area contributed by atoms with Crippen LogP contribution in [-0.4, -0.2) is 42.0 Å². The molecule has 0 radical (unpaired) electrons. The van der Waals surface area contributed by atoms with E-state index >= 15 is 0 Å². The van der Waals surface area contributed by atoms with Crippen LogP contribution in [0.15, 0.2) is 78.4 Å². The van der Waals surface area contributed by atoms with Gasteiger partial charge in [-0.15, -0.1) is 0 Å². The molecule has 204 valence electrons. The van der Waals surface area contributed by atoms with Crippen molar-refractivity contribution in [2.45, 2.75) is 45.7 Å². The van der Waals surface area contributed by atoms with Crippen LogP contribution in [-0.2, 0) is 16.1 Å². The van der Waals surface area contributed by atoms with Gasteiger partial charge >= 0.3 is 0 Å². The summed E-state index contributed by atoms with van der Waals surface area (Å²) in [4.78, 5) is 28.3. The van der Waals surface area contributed by atoms with Crippen molar-refractivity contribution in [2.24, 2.45) is 0 Å². The molecule has 1 saturated heterocycles. The number of hydrogen-bond donors (Lipinski definition) is 1.